The number of aryl methyl sites for hydroxylation is 1. The van der Waals surface area contributed by atoms with E-state index in [2.05, 4.69) is 16.1 Å². The summed E-state index contributed by atoms with van der Waals surface area (Å²) in [5.74, 6) is -2.75. The van der Waals surface area contributed by atoms with E-state index in [9.17, 15) is 24.0 Å². The van der Waals surface area contributed by atoms with Gasteiger partial charge in [-0.15, -0.1) is 0 Å². The molecule has 3 N–H and O–H groups in total. The number of alkyl halides is 3. The number of carbonyl (C=O) groups excluding carboxylic acids is 5. The third-order valence-electron chi connectivity index (χ3n) is 8.17. The highest BCUT2D eigenvalue weighted by Crippen LogP contribution is 2.27. The predicted octanol–water partition coefficient (Wildman–Crippen LogP) is 5.26. The average Bonchev–Trinajstić information content (AvgIpc) is 3.03. The Labute approximate surface area is 307 Å². The Bertz CT molecular complexity index is 1630. The van der Waals surface area contributed by atoms with E-state index in [-0.39, 0.29) is 11.8 Å². The summed E-state index contributed by atoms with van der Waals surface area (Å²) in [4.78, 5) is 68.7. The zero-order chi connectivity index (χ0) is 37.6. The van der Waals surface area contributed by atoms with Gasteiger partial charge in [0.15, 0.2) is 0 Å². The van der Waals surface area contributed by atoms with E-state index in [1.807, 2.05) is 37.3 Å². The van der Waals surface area contributed by atoms with E-state index in [1.165, 1.54) is 18.9 Å². The van der Waals surface area contributed by atoms with Crippen molar-refractivity contribution in [2.24, 2.45) is 11.3 Å². The summed E-state index contributed by atoms with van der Waals surface area (Å²) in [5, 5.41) is 7.77. The summed E-state index contributed by atoms with van der Waals surface area (Å²) in [6, 6.07) is 4.92. The van der Waals surface area contributed by atoms with Crippen LogP contribution in [0.3, 0.4) is 0 Å². The molecule has 4 unspecified atom stereocenters. The number of hydrogen-bond donors (Lipinski definition) is 3. The molecule has 1 aliphatic heterocycles. The van der Waals surface area contributed by atoms with Crippen molar-refractivity contribution in [1.82, 2.24) is 26.1 Å². The van der Waals surface area contributed by atoms with E-state index in [0.29, 0.717) is 25.1 Å². The SMILES string of the molecule is CC(=O)OC(C)c1ccc2c(C)cc(C=CC(C)(C)C(=O)NC(C(=O)NC(C)C(=O)N3CCCC(C(=O)OCC(Cl)(Cl)Cl)N3)C(C)C)cc2n1. The van der Waals surface area contributed by atoms with Crippen LogP contribution in [0.2, 0.25) is 0 Å². The standard InChI is InChI=1S/C35H46Cl3N5O7/c1-19(2)29(30(45)39-21(4)31(46)43-15-9-10-27(42-43)32(47)49-18-35(36,37)38)41-33(48)34(7,8)14-13-24-16-20(3)25-11-12-26(40-28(25)17-24)22(5)50-23(6)44/h11-14,16-17,19,21-22,27,29,42H,9-10,15,18H2,1-8H3,(H,39,45)(H,41,48). The Morgan fingerprint density at radius 2 is 1.76 bits per heavy atom. The van der Waals surface area contributed by atoms with Crippen molar-refractivity contribution < 1.29 is 33.4 Å². The molecule has 2 aromatic rings. The monoisotopic (exact) mass is 753 g/mol. The van der Waals surface area contributed by atoms with E-state index < -0.39 is 63.8 Å². The number of halogens is 3. The second kappa shape index (κ2) is 17.2. The number of aromatic nitrogens is 1. The Morgan fingerprint density at radius 1 is 1.08 bits per heavy atom. The van der Waals surface area contributed by atoms with Gasteiger partial charge in [-0.05, 0) is 76.6 Å². The highest BCUT2D eigenvalue weighted by Gasteiger charge is 2.35. The lowest BCUT2D eigenvalue weighted by Crippen LogP contribution is -2.61. The molecule has 15 heteroatoms. The fourth-order valence-corrected chi connectivity index (χ4v) is 5.47. The van der Waals surface area contributed by atoms with Crippen LogP contribution in [0.15, 0.2) is 30.3 Å². The Hall–Kier alpha value is -3.45. The van der Waals surface area contributed by atoms with Crippen molar-refractivity contribution in [3.63, 3.8) is 0 Å². The first kappa shape index (κ1) is 41.0. The van der Waals surface area contributed by atoms with Gasteiger partial charge in [-0.25, -0.2) is 10.4 Å². The second-order valence-electron chi connectivity index (χ2n) is 13.4. The highest BCUT2D eigenvalue weighted by atomic mass is 35.6. The number of rotatable bonds is 12. The molecular formula is C35H46Cl3N5O7. The maximum absolute atomic E-state index is 13.5. The summed E-state index contributed by atoms with van der Waals surface area (Å²) in [7, 11) is 0. The molecule has 4 atom stereocenters. The fraction of sp³-hybridized carbons (Fsp3) is 0.543. The molecule has 1 aliphatic rings. The van der Waals surface area contributed by atoms with Crippen LogP contribution < -0.4 is 16.1 Å². The van der Waals surface area contributed by atoms with Gasteiger partial charge in [-0.2, -0.15) is 0 Å². The van der Waals surface area contributed by atoms with Crippen LogP contribution in [0, 0.1) is 18.3 Å². The summed E-state index contributed by atoms with van der Waals surface area (Å²) in [6.07, 6.45) is 3.99. The van der Waals surface area contributed by atoms with Crippen LogP contribution in [0.1, 0.15) is 84.2 Å². The van der Waals surface area contributed by atoms with Gasteiger partial charge >= 0.3 is 11.9 Å². The lowest BCUT2D eigenvalue weighted by atomic mass is 9.89. The molecule has 274 valence electrons. The van der Waals surface area contributed by atoms with Gasteiger partial charge in [0.1, 0.15) is 30.8 Å². The first-order valence-electron chi connectivity index (χ1n) is 16.4. The van der Waals surface area contributed by atoms with Gasteiger partial charge in [-0.3, -0.25) is 29.0 Å². The number of amides is 3. The van der Waals surface area contributed by atoms with Crippen molar-refractivity contribution in [1.29, 1.82) is 0 Å². The lowest BCUT2D eigenvalue weighted by Gasteiger charge is -2.35. The molecule has 1 aromatic carbocycles. The van der Waals surface area contributed by atoms with Crippen molar-refractivity contribution >= 4 is 81.4 Å². The van der Waals surface area contributed by atoms with Crippen molar-refractivity contribution in [2.75, 3.05) is 13.2 Å². The minimum absolute atomic E-state index is 0.302. The van der Waals surface area contributed by atoms with Gasteiger partial charge in [0.05, 0.1) is 16.6 Å². The quantitative estimate of drug-likeness (QED) is 0.194. The molecule has 0 aliphatic carbocycles. The number of hydrogen-bond acceptors (Lipinski definition) is 9. The molecule has 3 amide bonds. The summed E-state index contributed by atoms with van der Waals surface area (Å²) >= 11 is 17.0. The van der Waals surface area contributed by atoms with Gasteiger partial charge in [0, 0.05) is 18.9 Å². The summed E-state index contributed by atoms with van der Waals surface area (Å²) in [5.41, 5.74) is 4.96. The maximum Gasteiger partial charge on any atom is 0.325 e. The van der Waals surface area contributed by atoms with Crippen molar-refractivity contribution in [2.45, 2.75) is 96.3 Å². The zero-order valence-corrected chi connectivity index (χ0v) is 31.8. The van der Waals surface area contributed by atoms with Crippen LogP contribution in [0.5, 0.6) is 0 Å². The normalized spacial score (nSPS) is 17.3. The molecule has 1 saturated heterocycles. The number of pyridine rings is 1. The van der Waals surface area contributed by atoms with Crippen molar-refractivity contribution in [3.05, 3.63) is 47.2 Å². The molecule has 2 heterocycles. The summed E-state index contributed by atoms with van der Waals surface area (Å²) < 4.78 is 8.56. The zero-order valence-electron chi connectivity index (χ0n) is 29.6. The van der Waals surface area contributed by atoms with Gasteiger partial charge < -0.3 is 20.1 Å². The van der Waals surface area contributed by atoms with Gasteiger partial charge in [-0.1, -0.05) is 72.9 Å². The minimum Gasteiger partial charge on any atom is -0.460 e. The number of carbonyl (C=O) groups is 5. The van der Waals surface area contributed by atoms with Crippen molar-refractivity contribution in [3.8, 4) is 0 Å². The molecule has 1 fully saturated rings. The number of nitrogens with one attached hydrogen (secondary N) is 3. The Balaban J connectivity index is 1.66. The fourth-order valence-electron chi connectivity index (χ4n) is 5.30. The van der Waals surface area contributed by atoms with Crippen LogP contribution in [-0.4, -0.2) is 74.7 Å². The van der Waals surface area contributed by atoms with E-state index in [0.717, 1.165) is 22.0 Å². The number of esters is 2. The highest BCUT2D eigenvalue weighted by molar-refractivity contribution is 6.67. The lowest BCUT2D eigenvalue weighted by molar-refractivity contribution is -0.153. The van der Waals surface area contributed by atoms with E-state index >= 15 is 0 Å². The molecule has 0 spiro atoms. The Morgan fingerprint density at radius 3 is 2.38 bits per heavy atom. The maximum atomic E-state index is 13.5. The Kier molecular flexibility index (Phi) is 14.1. The third kappa shape index (κ3) is 11.5. The molecule has 1 aromatic heterocycles. The molecule has 0 saturated carbocycles. The average molecular weight is 755 g/mol. The van der Waals surface area contributed by atoms with Crippen LogP contribution >= 0.6 is 34.8 Å². The van der Waals surface area contributed by atoms with Gasteiger partial charge in [0.2, 0.25) is 15.6 Å². The predicted molar refractivity (Wildman–Crippen MR) is 193 cm³/mol. The number of benzene rings is 1. The van der Waals surface area contributed by atoms with Crippen LogP contribution in [0.4, 0.5) is 0 Å². The molecular weight excluding hydrogens is 709 g/mol. The smallest absolute Gasteiger partial charge is 0.325 e. The first-order valence-corrected chi connectivity index (χ1v) is 17.5. The number of hydrazine groups is 1. The van der Waals surface area contributed by atoms with E-state index in [1.54, 1.807) is 40.7 Å². The molecule has 0 radical (unpaired) electrons. The molecule has 3 rings (SSSR count). The minimum atomic E-state index is -1.76. The van der Waals surface area contributed by atoms with Crippen LogP contribution in [0.25, 0.3) is 17.0 Å². The molecule has 0 bridgehead atoms. The molecule has 12 nitrogen and oxygen atoms in total. The second-order valence-corrected chi connectivity index (χ2v) is 15.9. The largest absolute Gasteiger partial charge is 0.460 e. The summed E-state index contributed by atoms with van der Waals surface area (Å²) in [6.45, 7) is 13.5. The van der Waals surface area contributed by atoms with Crippen LogP contribution in [-0.2, 0) is 33.4 Å². The topological polar surface area (TPSA) is 156 Å². The molecule has 50 heavy (non-hydrogen) atoms. The number of ether oxygens (including phenoxy) is 2. The van der Waals surface area contributed by atoms with Gasteiger partial charge in [0.25, 0.3) is 5.91 Å². The number of fused-ring (bicyclic) bond motifs is 1. The van der Waals surface area contributed by atoms with E-state index in [4.69, 9.17) is 49.3 Å². The third-order valence-corrected chi connectivity index (χ3v) is 8.50. The first-order chi connectivity index (χ1) is 23.2. The number of nitrogens with zero attached hydrogens (tertiary/aromatic N) is 2.